The first-order chi connectivity index (χ1) is 14.6. The highest BCUT2D eigenvalue weighted by Gasteiger charge is 2.27. The molecule has 2 aromatic carbocycles. The number of benzene rings is 2. The van der Waals surface area contributed by atoms with Crippen LogP contribution >= 0.6 is 35.0 Å². The Balaban J connectivity index is 2.13. The Hall–Kier alpha value is -1.69. The maximum absolute atomic E-state index is 13.1. The van der Waals surface area contributed by atoms with Gasteiger partial charge in [-0.1, -0.05) is 58.6 Å². The number of carbonyl (C=O) groups is 2. The van der Waals surface area contributed by atoms with Crippen LogP contribution in [0.3, 0.4) is 0 Å². The Kier molecular flexibility index (Phi) is 9.73. The zero-order valence-corrected chi connectivity index (χ0v) is 21.0. The molecule has 2 amide bonds. The molecule has 0 unspecified atom stereocenters. The number of hydrogen-bond acceptors (Lipinski definition) is 3. The van der Waals surface area contributed by atoms with Crippen LogP contribution in [0.15, 0.2) is 36.4 Å². The van der Waals surface area contributed by atoms with Crippen LogP contribution in [0.1, 0.15) is 43.0 Å². The van der Waals surface area contributed by atoms with Crippen LogP contribution in [0.2, 0.25) is 10.0 Å². The molecule has 0 fully saturated rings. The number of nitrogens with one attached hydrogen (secondary N) is 1. The van der Waals surface area contributed by atoms with E-state index in [0.717, 1.165) is 11.3 Å². The zero-order valence-electron chi connectivity index (χ0n) is 18.7. The largest absolute Gasteiger partial charge is 0.352 e. The predicted octanol–water partition coefficient (Wildman–Crippen LogP) is 5.79. The highest BCUT2D eigenvalue weighted by molar-refractivity contribution is 7.99. The predicted molar refractivity (Wildman–Crippen MR) is 132 cm³/mol. The topological polar surface area (TPSA) is 49.4 Å². The molecule has 4 nitrogen and oxygen atoms in total. The Morgan fingerprint density at radius 2 is 1.68 bits per heavy atom. The lowest BCUT2D eigenvalue weighted by Crippen LogP contribution is -2.49. The van der Waals surface area contributed by atoms with Gasteiger partial charge in [0.05, 0.1) is 5.75 Å². The molecule has 0 spiro atoms. The third kappa shape index (κ3) is 8.06. The monoisotopic (exact) mass is 480 g/mol. The molecule has 1 N–H and O–H groups in total. The number of hydrogen-bond donors (Lipinski definition) is 1. The van der Waals surface area contributed by atoms with Crippen molar-refractivity contribution in [2.24, 2.45) is 0 Å². The fraction of sp³-hybridized carbons (Fsp3) is 0.417. The van der Waals surface area contributed by atoms with Gasteiger partial charge in [0.15, 0.2) is 0 Å². The first-order valence-corrected chi connectivity index (χ1v) is 12.2. The summed E-state index contributed by atoms with van der Waals surface area (Å²) in [5.74, 6) is 0.716. The van der Waals surface area contributed by atoms with E-state index >= 15 is 0 Å². The molecule has 0 radical (unpaired) electrons. The number of rotatable bonds is 9. The van der Waals surface area contributed by atoms with Crippen molar-refractivity contribution in [2.45, 2.75) is 59.0 Å². The first kappa shape index (κ1) is 25.6. The summed E-state index contributed by atoms with van der Waals surface area (Å²) in [5.41, 5.74) is 4.36. The van der Waals surface area contributed by atoms with Gasteiger partial charge in [-0.05, 0) is 57.9 Å². The first-order valence-electron chi connectivity index (χ1n) is 10.3. The van der Waals surface area contributed by atoms with E-state index in [2.05, 4.69) is 37.4 Å². The maximum atomic E-state index is 13.1. The fourth-order valence-corrected chi connectivity index (χ4v) is 4.63. The van der Waals surface area contributed by atoms with Gasteiger partial charge in [-0.25, -0.2) is 0 Å². The van der Waals surface area contributed by atoms with Gasteiger partial charge in [0.25, 0.3) is 0 Å². The average molecular weight is 481 g/mol. The summed E-state index contributed by atoms with van der Waals surface area (Å²) >= 11 is 13.9. The van der Waals surface area contributed by atoms with E-state index in [1.165, 1.54) is 16.7 Å². The van der Waals surface area contributed by atoms with Crippen molar-refractivity contribution in [3.8, 4) is 0 Å². The van der Waals surface area contributed by atoms with Gasteiger partial charge in [-0.15, -0.1) is 11.8 Å². The highest BCUT2D eigenvalue weighted by Crippen LogP contribution is 2.24. The van der Waals surface area contributed by atoms with Crippen LogP contribution < -0.4 is 5.32 Å². The van der Waals surface area contributed by atoms with E-state index in [9.17, 15) is 9.59 Å². The number of amides is 2. The summed E-state index contributed by atoms with van der Waals surface area (Å²) in [7, 11) is 0. The third-order valence-electron chi connectivity index (χ3n) is 4.73. The Labute approximate surface area is 199 Å². The molecule has 0 aliphatic heterocycles. The molecule has 2 rings (SSSR count). The second kappa shape index (κ2) is 11.8. The molecule has 168 valence electrons. The molecule has 0 aliphatic rings. The van der Waals surface area contributed by atoms with Crippen molar-refractivity contribution >= 4 is 46.8 Å². The van der Waals surface area contributed by atoms with Crippen molar-refractivity contribution < 1.29 is 9.59 Å². The summed E-state index contributed by atoms with van der Waals surface area (Å²) in [6.07, 6.45) is 0. The van der Waals surface area contributed by atoms with E-state index in [0.29, 0.717) is 10.0 Å². The van der Waals surface area contributed by atoms with Crippen LogP contribution in [0.25, 0.3) is 0 Å². The van der Waals surface area contributed by atoms with Crippen molar-refractivity contribution in [1.29, 1.82) is 0 Å². The summed E-state index contributed by atoms with van der Waals surface area (Å²) < 4.78 is 0. The molecule has 1 atom stereocenters. The summed E-state index contributed by atoms with van der Waals surface area (Å²) in [6, 6.07) is 10.9. The smallest absolute Gasteiger partial charge is 0.242 e. The maximum Gasteiger partial charge on any atom is 0.242 e. The van der Waals surface area contributed by atoms with Gasteiger partial charge in [-0.3, -0.25) is 9.59 Å². The van der Waals surface area contributed by atoms with Gasteiger partial charge in [0, 0.05) is 28.4 Å². The SMILES string of the molecule is Cc1cc(C)cc(CSCC(=O)N(Cc2ccc(Cl)cc2Cl)[C@@H](C)C(=O)NC(C)C)c1. The molecular weight excluding hydrogens is 451 g/mol. The lowest BCUT2D eigenvalue weighted by Gasteiger charge is -2.29. The van der Waals surface area contributed by atoms with E-state index in [1.54, 1.807) is 41.8 Å². The molecule has 0 heterocycles. The summed E-state index contributed by atoms with van der Waals surface area (Å²) in [6.45, 7) is 9.91. The van der Waals surface area contributed by atoms with E-state index in [-0.39, 0.29) is 30.2 Å². The van der Waals surface area contributed by atoms with Gasteiger partial charge in [0.2, 0.25) is 11.8 Å². The molecule has 0 aromatic heterocycles. The number of thioether (sulfide) groups is 1. The molecule has 0 bridgehead atoms. The lowest BCUT2D eigenvalue weighted by atomic mass is 10.1. The fourth-order valence-electron chi connectivity index (χ4n) is 3.31. The molecule has 0 saturated heterocycles. The minimum Gasteiger partial charge on any atom is -0.352 e. The van der Waals surface area contributed by atoms with E-state index in [4.69, 9.17) is 23.2 Å². The number of nitrogens with zero attached hydrogens (tertiary/aromatic N) is 1. The standard InChI is InChI=1S/C24H30Cl2N2O2S/c1-15(2)27-24(30)18(5)28(12-20-6-7-21(25)11-22(20)26)23(29)14-31-13-19-9-16(3)8-17(4)10-19/h6-11,15,18H,12-14H2,1-5H3,(H,27,30)/t18-/m0/s1. The number of carbonyl (C=O) groups excluding carboxylic acids is 2. The molecular formula is C24H30Cl2N2O2S. The zero-order chi connectivity index (χ0) is 23.1. The Bertz CT molecular complexity index is 914. The van der Waals surface area contributed by atoms with E-state index < -0.39 is 6.04 Å². The Morgan fingerprint density at radius 1 is 1.03 bits per heavy atom. The van der Waals surface area contributed by atoms with Gasteiger partial charge in [-0.2, -0.15) is 0 Å². The molecule has 2 aromatic rings. The normalized spacial score (nSPS) is 12.0. The Morgan fingerprint density at radius 3 is 2.26 bits per heavy atom. The van der Waals surface area contributed by atoms with Crippen LogP contribution in [0.4, 0.5) is 0 Å². The van der Waals surface area contributed by atoms with Crippen molar-refractivity contribution in [2.75, 3.05) is 5.75 Å². The van der Waals surface area contributed by atoms with Crippen molar-refractivity contribution in [3.05, 3.63) is 68.7 Å². The summed E-state index contributed by atoms with van der Waals surface area (Å²) in [4.78, 5) is 27.4. The number of halogens is 2. The van der Waals surface area contributed by atoms with Gasteiger partial charge >= 0.3 is 0 Å². The second-order valence-electron chi connectivity index (χ2n) is 8.09. The lowest BCUT2D eigenvalue weighted by molar-refractivity contribution is -0.138. The number of aryl methyl sites for hydroxylation is 2. The second-order valence-corrected chi connectivity index (χ2v) is 9.91. The van der Waals surface area contributed by atoms with Crippen LogP contribution in [-0.4, -0.2) is 34.6 Å². The quantitative estimate of drug-likeness (QED) is 0.494. The molecule has 31 heavy (non-hydrogen) atoms. The van der Waals surface area contributed by atoms with Gasteiger partial charge < -0.3 is 10.2 Å². The van der Waals surface area contributed by atoms with Crippen LogP contribution in [0.5, 0.6) is 0 Å². The van der Waals surface area contributed by atoms with Crippen LogP contribution in [-0.2, 0) is 21.9 Å². The minimum atomic E-state index is -0.622. The molecule has 0 aliphatic carbocycles. The highest BCUT2D eigenvalue weighted by atomic mass is 35.5. The van der Waals surface area contributed by atoms with Crippen LogP contribution in [0, 0.1) is 13.8 Å². The van der Waals surface area contributed by atoms with Crippen molar-refractivity contribution in [3.63, 3.8) is 0 Å². The molecule has 0 saturated carbocycles. The molecule has 7 heteroatoms. The van der Waals surface area contributed by atoms with Gasteiger partial charge in [0.1, 0.15) is 6.04 Å². The minimum absolute atomic E-state index is 0.00930. The van der Waals surface area contributed by atoms with Crippen molar-refractivity contribution in [1.82, 2.24) is 10.2 Å². The third-order valence-corrected chi connectivity index (χ3v) is 6.31. The average Bonchev–Trinajstić information content (AvgIpc) is 2.65. The summed E-state index contributed by atoms with van der Waals surface area (Å²) in [5, 5.41) is 3.89. The van der Waals surface area contributed by atoms with E-state index in [1.807, 2.05) is 13.8 Å².